The number of rotatable bonds is 7. The molecule has 0 radical (unpaired) electrons. The molecule has 1 amide bonds. The summed E-state index contributed by atoms with van der Waals surface area (Å²) >= 11 is 0. The number of nitrogens with one attached hydrogen (secondary N) is 3. The zero-order valence-corrected chi connectivity index (χ0v) is 20.1. The number of carbonyl (C=O) groups is 1. The van der Waals surface area contributed by atoms with Gasteiger partial charge in [0.2, 0.25) is 5.91 Å². The summed E-state index contributed by atoms with van der Waals surface area (Å²) in [5.41, 5.74) is 3.51. The lowest BCUT2D eigenvalue weighted by molar-refractivity contribution is -0.132. The van der Waals surface area contributed by atoms with E-state index in [1.807, 2.05) is 6.07 Å². The van der Waals surface area contributed by atoms with Gasteiger partial charge in [-0.2, -0.15) is 0 Å². The Labute approximate surface area is 208 Å². The molecule has 188 valence electrons. The molecule has 0 bridgehead atoms. The molecule has 1 unspecified atom stereocenters. The highest BCUT2D eigenvalue weighted by atomic mass is 19.1. The van der Waals surface area contributed by atoms with Crippen molar-refractivity contribution in [2.24, 2.45) is 0 Å². The van der Waals surface area contributed by atoms with Crippen molar-refractivity contribution in [2.75, 3.05) is 25.0 Å². The highest BCUT2D eigenvalue weighted by molar-refractivity contribution is 5.76. The molecule has 1 fully saturated rings. The zero-order valence-electron chi connectivity index (χ0n) is 20.1. The van der Waals surface area contributed by atoms with E-state index in [4.69, 9.17) is 0 Å². The number of hydrogen-bond donors (Lipinski definition) is 3. The molecule has 5 rings (SSSR count). The third kappa shape index (κ3) is 5.41. The number of piperazine rings is 1. The van der Waals surface area contributed by atoms with Crippen LogP contribution in [0.1, 0.15) is 42.0 Å². The van der Waals surface area contributed by atoms with Crippen LogP contribution in [-0.2, 0) is 24.2 Å². The molecule has 0 saturated carbocycles. The van der Waals surface area contributed by atoms with Gasteiger partial charge in [-0.1, -0.05) is 18.2 Å². The molecule has 36 heavy (non-hydrogen) atoms. The van der Waals surface area contributed by atoms with Gasteiger partial charge in [0.15, 0.2) is 0 Å². The number of amides is 1. The Balaban J connectivity index is 1.16. The summed E-state index contributed by atoms with van der Waals surface area (Å²) < 4.78 is 14.3. The van der Waals surface area contributed by atoms with Crippen molar-refractivity contribution in [2.45, 2.75) is 44.7 Å². The molecule has 1 aromatic heterocycles. The largest absolute Gasteiger partial charge is 0.342 e. The van der Waals surface area contributed by atoms with E-state index in [1.54, 1.807) is 17.0 Å². The zero-order chi connectivity index (χ0) is 25.1. The monoisotopic (exact) mass is 491 g/mol. The fourth-order valence-corrected chi connectivity index (χ4v) is 5.05. The molecule has 0 spiro atoms. The van der Waals surface area contributed by atoms with Gasteiger partial charge in [0.05, 0.1) is 0 Å². The van der Waals surface area contributed by atoms with E-state index in [0.717, 1.165) is 35.1 Å². The van der Waals surface area contributed by atoms with E-state index in [-0.39, 0.29) is 30.7 Å². The Hall–Kier alpha value is -3.72. The van der Waals surface area contributed by atoms with Crippen LogP contribution >= 0.6 is 0 Å². The lowest BCUT2D eigenvalue weighted by Gasteiger charge is -2.34. The second kappa shape index (κ2) is 10.5. The van der Waals surface area contributed by atoms with Gasteiger partial charge in [-0.15, -0.1) is 0 Å². The van der Waals surface area contributed by atoms with Crippen LogP contribution in [0.25, 0.3) is 0 Å². The molecule has 1 aliphatic carbocycles. The molecule has 2 aromatic carbocycles. The summed E-state index contributed by atoms with van der Waals surface area (Å²) in [6.45, 7) is 1.88. The van der Waals surface area contributed by atoms with Crippen LogP contribution in [0.3, 0.4) is 0 Å². The molecule has 2 aliphatic rings. The Morgan fingerprint density at radius 3 is 2.67 bits per heavy atom. The minimum atomic E-state index is -0.503. The van der Waals surface area contributed by atoms with E-state index in [2.05, 4.69) is 27.8 Å². The summed E-state index contributed by atoms with van der Waals surface area (Å²) in [7, 11) is 0. The number of H-pyrrole nitrogens is 1. The number of aryl methyl sites for hydroxylation is 2. The van der Waals surface area contributed by atoms with Crippen molar-refractivity contribution in [3.05, 3.63) is 91.9 Å². The minimum absolute atomic E-state index is 0.0250. The van der Waals surface area contributed by atoms with E-state index in [9.17, 15) is 18.8 Å². The number of halogens is 1. The summed E-state index contributed by atoms with van der Waals surface area (Å²) in [6.07, 6.45) is 3.90. The molecule has 2 heterocycles. The number of aromatic nitrogens is 2. The first-order valence-electron chi connectivity index (χ1n) is 12.5. The van der Waals surface area contributed by atoms with Crippen LogP contribution in [0.5, 0.6) is 0 Å². The predicted octanol–water partition coefficient (Wildman–Crippen LogP) is 2.86. The topological polar surface area (TPSA) is 99.2 Å². The Morgan fingerprint density at radius 1 is 1.06 bits per heavy atom. The van der Waals surface area contributed by atoms with Crippen molar-refractivity contribution in [3.8, 4) is 0 Å². The number of fused-ring (bicyclic) bond motifs is 1. The van der Waals surface area contributed by atoms with E-state index in [0.29, 0.717) is 31.9 Å². The third-order valence-electron chi connectivity index (χ3n) is 6.97. The normalized spacial score (nSPS) is 17.1. The van der Waals surface area contributed by atoms with E-state index >= 15 is 0 Å². The second-order valence-corrected chi connectivity index (χ2v) is 9.44. The van der Waals surface area contributed by atoms with Crippen molar-refractivity contribution in [3.63, 3.8) is 0 Å². The summed E-state index contributed by atoms with van der Waals surface area (Å²) in [5, 5.41) is 6.48. The average molecular weight is 492 g/mol. The van der Waals surface area contributed by atoms with Gasteiger partial charge in [-0.25, -0.2) is 9.18 Å². The molecule has 1 aliphatic heterocycles. The van der Waals surface area contributed by atoms with Gasteiger partial charge in [0, 0.05) is 50.4 Å². The average Bonchev–Trinajstić information content (AvgIpc) is 3.34. The number of aromatic amines is 1. The molecule has 3 N–H and O–H groups in total. The second-order valence-electron chi connectivity index (χ2n) is 9.44. The maximum atomic E-state index is 13.2. The van der Waals surface area contributed by atoms with Crippen molar-refractivity contribution in [1.29, 1.82) is 0 Å². The van der Waals surface area contributed by atoms with Gasteiger partial charge >= 0.3 is 5.69 Å². The number of nitrogens with zero attached hydrogens (tertiary/aromatic N) is 2. The first-order chi connectivity index (χ1) is 17.5. The van der Waals surface area contributed by atoms with Crippen LogP contribution in [0.15, 0.2) is 58.1 Å². The Kier molecular flexibility index (Phi) is 6.99. The molecule has 3 aromatic rings. The quantitative estimate of drug-likeness (QED) is 0.472. The Morgan fingerprint density at radius 2 is 1.86 bits per heavy atom. The first-order valence-corrected chi connectivity index (χ1v) is 12.5. The fraction of sp³-hybridized carbons (Fsp3) is 0.370. The maximum absolute atomic E-state index is 13.2. The fourth-order valence-electron chi connectivity index (χ4n) is 5.05. The van der Waals surface area contributed by atoms with Crippen molar-refractivity contribution in [1.82, 2.24) is 19.8 Å². The number of anilines is 2. The molecule has 8 nitrogen and oxygen atoms in total. The Bertz CT molecular complexity index is 1330. The molecular formula is C27H30FN5O3. The van der Waals surface area contributed by atoms with Gasteiger partial charge in [0.25, 0.3) is 5.56 Å². The van der Waals surface area contributed by atoms with E-state index < -0.39 is 11.2 Å². The molecule has 1 saturated heterocycles. The lowest BCUT2D eigenvalue weighted by atomic mass is 10.0. The summed E-state index contributed by atoms with van der Waals surface area (Å²) in [5.74, 6) is 0.0330. The highest BCUT2D eigenvalue weighted by Gasteiger charge is 2.24. The summed E-state index contributed by atoms with van der Waals surface area (Å²) in [6, 6.07) is 13.7. The number of benzene rings is 2. The van der Waals surface area contributed by atoms with Gasteiger partial charge in [-0.05, 0) is 66.6 Å². The number of hydrogen-bond acceptors (Lipinski definition) is 5. The first kappa shape index (κ1) is 24.0. The highest BCUT2D eigenvalue weighted by Crippen LogP contribution is 2.26. The van der Waals surface area contributed by atoms with Crippen LogP contribution < -0.4 is 21.9 Å². The van der Waals surface area contributed by atoms with Crippen LogP contribution in [-0.4, -0.2) is 40.0 Å². The van der Waals surface area contributed by atoms with Gasteiger partial charge in [-0.3, -0.25) is 19.1 Å². The summed E-state index contributed by atoms with van der Waals surface area (Å²) in [4.78, 5) is 42.5. The van der Waals surface area contributed by atoms with Crippen molar-refractivity contribution < 1.29 is 9.18 Å². The molecular weight excluding hydrogens is 461 g/mol. The predicted molar refractivity (Wildman–Crippen MR) is 136 cm³/mol. The van der Waals surface area contributed by atoms with Crippen molar-refractivity contribution >= 4 is 17.4 Å². The molecule has 1 atom stereocenters. The molecule has 9 heteroatoms. The standard InChI is InChI=1S/C27H30FN5O3/c28-21-9-6-19(7-10-21)23-17-32(14-12-29-23)25(34)5-2-13-33-26(35)16-24(31-27(33)36)30-22-11-8-18-3-1-4-20(18)15-22/h6-11,15-16,23,29-30H,1-5,12-14,17H2,(H,31,36). The lowest BCUT2D eigenvalue weighted by Crippen LogP contribution is -2.48. The smallest absolute Gasteiger partial charge is 0.329 e. The van der Waals surface area contributed by atoms with Crippen LogP contribution in [0.4, 0.5) is 15.9 Å². The van der Waals surface area contributed by atoms with Gasteiger partial charge < -0.3 is 15.5 Å². The minimum Gasteiger partial charge on any atom is -0.342 e. The van der Waals surface area contributed by atoms with Gasteiger partial charge in [0.1, 0.15) is 11.6 Å². The number of carbonyl (C=O) groups excluding carboxylic acids is 1. The van der Waals surface area contributed by atoms with E-state index in [1.165, 1.54) is 29.3 Å². The third-order valence-corrected chi connectivity index (χ3v) is 6.97. The van der Waals surface area contributed by atoms with Crippen LogP contribution in [0.2, 0.25) is 0 Å². The SMILES string of the molecule is O=C(CCCn1c(=O)cc(Nc2ccc3c(c2)CCC3)[nH]c1=O)N1CCNC(c2ccc(F)cc2)C1. The maximum Gasteiger partial charge on any atom is 0.329 e. The van der Waals surface area contributed by atoms with Crippen LogP contribution in [0, 0.1) is 5.82 Å².